The summed E-state index contributed by atoms with van der Waals surface area (Å²) in [6.45, 7) is 1.76. The van der Waals surface area contributed by atoms with Crippen LogP contribution in [-0.4, -0.2) is 12.7 Å². The van der Waals surface area contributed by atoms with Gasteiger partial charge in [0.05, 0.1) is 6.42 Å². The summed E-state index contributed by atoms with van der Waals surface area (Å²) in [5, 5.41) is 2.44. The van der Waals surface area contributed by atoms with Gasteiger partial charge in [-0.3, -0.25) is 0 Å². The van der Waals surface area contributed by atoms with Crippen molar-refractivity contribution in [1.82, 2.24) is 5.32 Å². The third kappa shape index (κ3) is 3.96. The maximum atomic E-state index is 13.4. The molecule has 0 heterocycles. The van der Waals surface area contributed by atoms with Crippen LogP contribution in [0.15, 0.2) is 18.2 Å². The number of hydrogen-bond donors (Lipinski definition) is 1. The van der Waals surface area contributed by atoms with Crippen LogP contribution < -0.4 is 5.32 Å². The lowest BCUT2D eigenvalue weighted by atomic mass is 10.0. The summed E-state index contributed by atoms with van der Waals surface area (Å²) < 4.78 is 63.6. The Morgan fingerprint density at radius 1 is 1.18 bits per heavy atom. The highest BCUT2D eigenvalue weighted by molar-refractivity contribution is 5.23. The largest absolute Gasteiger partial charge is 0.390 e. The van der Waals surface area contributed by atoms with E-state index in [0.29, 0.717) is 0 Å². The molecule has 1 unspecified atom stereocenters. The van der Waals surface area contributed by atoms with E-state index in [0.717, 1.165) is 18.2 Å². The van der Waals surface area contributed by atoms with Crippen LogP contribution in [0.1, 0.15) is 24.9 Å². The number of halogens is 5. The summed E-state index contributed by atoms with van der Waals surface area (Å²) in [7, 11) is 0. The Labute approximate surface area is 95.6 Å². The third-order valence-corrected chi connectivity index (χ3v) is 2.23. The van der Waals surface area contributed by atoms with Gasteiger partial charge < -0.3 is 5.32 Å². The van der Waals surface area contributed by atoms with Gasteiger partial charge in [0, 0.05) is 11.6 Å². The molecule has 6 heteroatoms. The van der Waals surface area contributed by atoms with Crippen molar-refractivity contribution >= 4 is 0 Å². The fraction of sp³-hybridized carbons (Fsp3) is 0.455. The maximum absolute atomic E-state index is 13.4. The van der Waals surface area contributed by atoms with Crippen LogP contribution in [0.25, 0.3) is 0 Å². The van der Waals surface area contributed by atoms with Crippen LogP contribution >= 0.6 is 0 Å². The highest BCUT2D eigenvalue weighted by Crippen LogP contribution is 2.31. The quantitative estimate of drug-likeness (QED) is 0.809. The average molecular weight is 253 g/mol. The summed E-state index contributed by atoms with van der Waals surface area (Å²) in [5.41, 5.74) is -0.563. The van der Waals surface area contributed by atoms with Gasteiger partial charge in [-0.15, -0.1) is 0 Å². The molecule has 0 aliphatic rings. The standard InChI is InChI=1S/C11H12F5N/c1-2-17-9(6-11(14,15)16)10-7(12)4-3-5-8(10)13/h3-5,9,17H,2,6H2,1H3. The van der Waals surface area contributed by atoms with Crippen LogP contribution in [-0.2, 0) is 0 Å². The van der Waals surface area contributed by atoms with Crippen molar-refractivity contribution in [3.8, 4) is 0 Å². The molecule has 0 fully saturated rings. The van der Waals surface area contributed by atoms with E-state index >= 15 is 0 Å². The lowest BCUT2D eigenvalue weighted by molar-refractivity contribution is -0.140. The monoisotopic (exact) mass is 253 g/mol. The normalized spacial score (nSPS) is 13.8. The molecule has 0 aromatic heterocycles. The zero-order valence-electron chi connectivity index (χ0n) is 9.11. The van der Waals surface area contributed by atoms with Crippen molar-refractivity contribution in [2.24, 2.45) is 0 Å². The summed E-state index contributed by atoms with van der Waals surface area (Å²) in [5.74, 6) is -1.94. The van der Waals surface area contributed by atoms with Crippen LogP contribution in [0, 0.1) is 11.6 Å². The number of rotatable bonds is 4. The Morgan fingerprint density at radius 3 is 2.12 bits per heavy atom. The molecule has 0 radical (unpaired) electrons. The molecule has 17 heavy (non-hydrogen) atoms. The first-order chi connectivity index (χ1) is 7.85. The first-order valence-electron chi connectivity index (χ1n) is 5.09. The Kier molecular flexibility index (Phi) is 4.45. The fourth-order valence-corrected chi connectivity index (χ4v) is 1.60. The predicted molar refractivity (Wildman–Crippen MR) is 53.4 cm³/mol. The first kappa shape index (κ1) is 13.9. The summed E-state index contributed by atoms with van der Waals surface area (Å²) >= 11 is 0. The van der Waals surface area contributed by atoms with E-state index in [4.69, 9.17) is 0 Å². The molecule has 96 valence electrons. The van der Waals surface area contributed by atoms with Crippen molar-refractivity contribution in [1.29, 1.82) is 0 Å². The van der Waals surface area contributed by atoms with Gasteiger partial charge in [-0.25, -0.2) is 8.78 Å². The molecule has 1 nitrogen and oxygen atoms in total. The molecule has 0 amide bonds. The minimum atomic E-state index is -4.48. The van der Waals surface area contributed by atoms with E-state index < -0.39 is 35.8 Å². The molecular formula is C11H12F5N. The lowest BCUT2D eigenvalue weighted by Crippen LogP contribution is -2.28. The lowest BCUT2D eigenvalue weighted by Gasteiger charge is -2.20. The molecule has 0 aliphatic heterocycles. The van der Waals surface area contributed by atoms with Crippen molar-refractivity contribution in [3.05, 3.63) is 35.4 Å². The Morgan fingerprint density at radius 2 is 1.71 bits per heavy atom. The molecular weight excluding hydrogens is 241 g/mol. The zero-order chi connectivity index (χ0) is 13.1. The second kappa shape index (κ2) is 5.44. The minimum absolute atomic E-state index is 0.189. The molecule has 1 aromatic rings. The van der Waals surface area contributed by atoms with E-state index in [-0.39, 0.29) is 6.54 Å². The van der Waals surface area contributed by atoms with Crippen LogP contribution in [0.4, 0.5) is 22.0 Å². The molecule has 0 aliphatic carbocycles. The van der Waals surface area contributed by atoms with Crippen LogP contribution in [0.5, 0.6) is 0 Å². The van der Waals surface area contributed by atoms with E-state index in [1.807, 2.05) is 0 Å². The molecule has 0 bridgehead atoms. The Hall–Kier alpha value is -1.17. The van der Waals surface area contributed by atoms with E-state index in [1.165, 1.54) is 0 Å². The highest BCUT2D eigenvalue weighted by atomic mass is 19.4. The predicted octanol–water partition coefficient (Wildman–Crippen LogP) is 3.57. The third-order valence-electron chi connectivity index (χ3n) is 2.23. The van der Waals surface area contributed by atoms with Crippen LogP contribution in [0.3, 0.4) is 0 Å². The van der Waals surface area contributed by atoms with Crippen molar-refractivity contribution < 1.29 is 22.0 Å². The summed E-state index contributed by atoms with van der Waals surface area (Å²) in [4.78, 5) is 0. The Bertz CT molecular complexity index is 354. The number of hydrogen-bond acceptors (Lipinski definition) is 1. The van der Waals surface area contributed by atoms with Gasteiger partial charge in [-0.05, 0) is 18.7 Å². The van der Waals surface area contributed by atoms with Gasteiger partial charge in [0.15, 0.2) is 0 Å². The maximum Gasteiger partial charge on any atom is 0.390 e. The van der Waals surface area contributed by atoms with Gasteiger partial charge in [0.1, 0.15) is 11.6 Å². The molecule has 1 atom stereocenters. The van der Waals surface area contributed by atoms with Crippen molar-refractivity contribution in [3.63, 3.8) is 0 Å². The minimum Gasteiger partial charge on any atom is -0.310 e. The first-order valence-corrected chi connectivity index (χ1v) is 5.09. The van der Waals surface area contributed by atoms with Gasteiger partial charge in [-0.2, -0.15) is 13.2 Å². The molecule has 1 N–H and O–H groups in total. The number of nitrogens with one attached hydrogen (secondary N) is 1. The number of alkyl halides is 3. The van der Waals surface area contributed by atoms with Crippen molar-refractivity contribution in [2.75, 3.05) is 6.54 Å². The average Bonchev–Trinajstić information content (AvgIpc) is 2.15. The van der Waals surface area contributed by atoms with E-state index in [2.05, 4.69) is 5.32 Å². The molecule has 0 spiro atoms. The highest BCUT2D eigenvalue weighted by Gasteiger charge is 2.34. The van der Waals surface area contributed by atoms with Gasteiger partial charge >= 0.3 is 6.18 Å². The van der Waals surface area contributed by atoms with Gasteiger partial charge in [0.25, 0.3) is 0 Å². The zero-order valence-corrected chi connectivity index (χ0v) is 9.11. The smallest absolute Gasteiger partial charge is 0.310 e. The second-order valence-corrected chi connectivity index (χ2v) is 3.56. The molecule has 0 saturated carbocycles. The summed E-state index contributed by atoms with van der Waals surface area (Å²) in [6, 6.07) is 1.60. The topological polar surface area (TPSA) is 12.0 Å². The molecule has 0 saturated heterocycles. The second-order valence-electron chi connectivity index (χ2n) is 3.56. The summed E-state index contributed by atoms with van der Waals surface area (Å²) in [6.07, 6.45) is -5.79. The SMILES string of the molecule is CCNC(CC(F)(F)F)c1c(F)cccc1F. The number of benzene rings is 1. The van der Waals surface area contributed by atoms with E-state index in [9.17, 15) is 22.0 Å². The molecule has 1 aromatic carbocycles. The fourth-order valence-electron chi connectivity index (χ4n) is 1.60. The Balaban J connectivity index is 3.05. The van der Waals surface area contributed by atoms with Crippen LogP contribution in [0.2, 0.25) is 0 Å². The van der Waals surface area contributed by atoms with E-state index in [1.54, 1.807) is 6.92 Å². The van der Waals surface area contributed by atoms with Crippen molar-refractivity contribution in [2.45, 2.75) is 25.6 Å². The molecule has 1 rings (SSSR count). The van der Waals surface area contributed by atoms with Gasteiger partial charge in [-0.1, -0.05) is 13.0 Å². The van der Waals surface area contributed by atoms with Gasteiger partial charge in [0.2, 0.25) is 0 Å².